The summed E-state index contributed by atoms with van der Waals surface area (Å²) in [5, 5.41) is 8.63. The molecule has 0 aliphatic carbocycles. The van der Waals surface area contributed by atoms with Gasteiger partial charge in [0.2, 0.25) is 11.8 Å². The average Bonchev–Trinajstić information content (AvgIpc) is 2.13. The second-order valence-corrected chi connectivity index (χ2v) is 5.04. The molecule has 0 aliphatic rings. The fraction of sp³-hybridized carbons (Fsp3) is 0.750. The molecule has 2 amide bonds. The highest BCUT2D eigenvalue weighted by molar-refractivity contribution is 5.84. The lowest BCUT2D eigenvalue weighted by Crippen LogP contribution is -2.41. The predicted octanol–water partition coefficient (Wildman–Crippen LogP) is 0.457. The SMILES string of the molecule is CC(C)CN(CC(N)=O)C(=O)CC(C)CC(=O)O. The van der Waals surface area contributed by atoms with Crippen LogP contribution in [0.5, 0.6) is 0 Å². The molecule has 1 atom stereocenters. The van der Waals surface area contributed by atoms with Crippen molar-refractivity contribution < 1.29 is 19.5 Å². The number of nitrogens with two attached hydrogens (primary N) is 1. The van der Waals surface area contributed by atoms with E-state index in [1.54, 1.807) is 6.92 Å². The van der Waals surface area contributed by atoms with Gasteiger partial charge in [0, 0.05) is 19.4 Å². The molecule has 0 aliphatic heterocycles. The number of primary amides is 1. The van der Waals surface area contributed by atoms with E-state index in [-0.39, 0.29) is 37.1 Å². The molecule has 1 unspecified atom stereocenters. The number of hydrogen-bond donors (Lipinski definition) is 2. The molecule has 6 heteroatoms. The Hall–Kier alpha value is -1.59. The Bertz CT molecular complexity index is 315. The number of rotatable bonds is 8. The van der Waals surface area contributed by atoms with Crippen LogP contribution < -0.4 is 5.73 Å². The first kappa shape index (κ1) is 16.4. The number of amides is 2. The first-order chi connectivity index (χ1) is 8.22. The van der Waals surface area contributed by atoms with Gasteiger partial charge < -0.3 is 15.7 Å². The molecule has 0 bridgehead atoms. The van der Waals surface area contributed by atoms with E-state index in [9.17, 15) is 14.4 Å². The fourth-order valence-electron chi connectivity index (χ4n) is 1.68. The van der Waals surface area contributed by atoms with Gasteiger partial charge in [-0.15, -0.1) is 0 Å². The van der Waals surface area contributed by atoms with Crippen LogP contribution in [-0.4, -0.2) is 40.9 Å². The van der Waals surface area contributed by atoms with E-state index in [1.807, 2.05) is 13.8 Å². The molecule has 18 heavy (non-hydrogen) atoms. The maximum atomic E-state index is 11.9. The predicted molar refractivity (Wildman–Crippen MR) is 66.6 cm³/mol. The van der Waals surface area contributed by atoms with Gasteiger partial charge in [0.05, 0.1) is 6.54 Å². The van der Waals surface area contributed by atoms with Crippen LogP contribution in [0.1, 0.15) is 33.6 Å². The third-order valence-corrected chi connectivity index (χ3v) is 2.33. The summed E-state index contributed by atoms with van der Waals surface area (Å²) in [4.78, 5) is 34.7. The summed E-state index contributed by atoms with van der Waals surface area (Å²) in [5.41, 5.74) is 5.09. The molecule has 0 radical (unpaired) electrons. The van der Waals surface area contributed by atoms with Crippen molar-refractivity contribution in [3.05, 3.63) is 0 Å². The number of carboxylic acids is 1. The first-order valence-electron chi connectivity index (χ1n) is 6.00. The summed E-state index contributed by atoms with van der Waals surface area (Å²) in [6.45, 7) is 5.89. The van der Waals surface area contributed by atoms with Crippen molar-refractivity contribution in [2.24, 2.45) is 17.6 Å². The van der Waals surface area contributed by atoms with Crippen molar-refractivity contribution in [1.29, 1.82) is 0 Å². The third-order valence-electron chi connectivity index (χ3n) is 2.33. The molecule has 0 aromatic carbocycles. The molecule has 0 spiro atoms. The van der Waals surface area contributed by atoms with Crippen molar-refractivity contribution in [1.82, 2.24) is 4.90 Å². The van der Waals surface area contributed by atoms with Crippen LogP contribution in [-0.2, 0) is 14.4 Å². The lowest BCUT2D eigenvalue weighted by atomic mass is 10.0. The third kappa shape index (κ3) is 7.65. The minimum atomic E-state index is -0.930. The molecule has 6 nitrogen and oxygen atoms in total. The van der Waals surface area contributed by atoms with Gasteiger partial charge in [0.1, 0.15) is 0 Å². The molecule has 0 saturated heterocycles. The summed E-state index contributed by atoms with van der Waals surface area (Å²) in [6.07, 6.45) is 0.0597. The zero-order chi connectivity index (χ0) is 14.3. The van der Waals surface area contributed by atoms with Gasteiger partial charge in [-0.1, -0.05) is 20.8 Å². The second kappa shape index (κ2) is 7.68. The molecule has 3 N–H and O–H groups in total. The van der Waals surface area contributed by atoms with Crippen molar-refractivity contribution in [2.75, 3.05) is 13.1 Å². The van der Waals surface area contributed by atoms with Gasteiger partial charge in [-0.05, 0) is 11.8 Å². The van der Waals surface area contributed by atoms with Crippen molar-refractivity contribution >= 4 is 17.8 Å². The van der Waals surface area contributed by atoms with Crippen LogP contribution in [0, 0.1) is 11.8 Å². The van der Waals surface area contributed by atoms with Crippen LogP contribution in [0.2, 0.25) is 0 Å². The fourth-order valence-corrected chi connectivity index (χ4v) is 1.68. The zero-order valence-corrected chi connectivity index (χ0v) is 11.2. The molecule has 0 fully saturated rings. The van der Waals surface area contributed by atoms with Crippen LogP contribution in [0.25, 0.3) is 0 Å². The molecule has 0 saturated carbocycles. The van der Waals surface area contributed by atoms with Gasteiger partial charge >= 0.3 is 5.97 Å². The standard InChI is InChI=1S/C12H22N2O4/c1-8(2)6-14(7-10(13)15)11(16)4-9(3)5-12(17)18/h8-9H,4-7H2,1-3H3,(H2,13,15)(H,17,18). The zero-order valence-electron chi connectivity index (χ0n) is 11.2. The summed E-state index contributed by atoms with van der Waals surface area (Å²) in [5.74, 6) is -1.74. The van der Waals surface area contributed by atoms with Crippen molar-refractivity contribution in [3.8, 4) is 0 Å². The van der Waals surface area contributed by atoms with Crippen LogP contribution in [0.4, 0.5) is 0 Å². The smallest absolute Gasteiger partial charge is 0.303 e. The quantitative estimate of drug-likeness (QED) is 0.660. The summed E-state index contributed by atoms with van der Waals surface area (Å²) in [6, 6.07) is 0. The topological polar surface area (TPSA) is 101 Å². The molecule has 0 heterocycles. The lowest BCUT2D eigenvalue weighted by Gasteiger charge is -2.24. The number of nitrogens with zero attached hydrogens (tertiary/aromatic N) is 1. The molecule has 0 aromatic heterocycles. The largest absolute Gasteiger partial charge is 0.481 e. The van der Waals surface area contributed by atoms with Crippen LogP contribution >= 0.6 is 0 Å². The maximum Gasteiger partial charge on any atom is 0.303 e. The van der Waals surface area contributed by atoms with Crippen LogP contribution in [0.3, 0.4) is 0 Å². The van der Waals surface area contributed by atoms with E-state index in [0.29, 0.717) is 6.54 Å². The summed E-state index contributed by atoms with van der Waals surface area (Å²) < 4.78 is 0. The Morgan fingerprint density at radius 1 is 1.17 bits per heavy atom. The minimum Gasteiger partial charge on any atom is -0.481 e. The number of carbonyl (C=O) groups is 3. The van der Waals surface area contributed by atoms with E-state index in [0.717, 1.165) is 0 Å². The van der Waals surface area contributed by atoms with Gasteiger partial charge in [-0.2, -0.15) is 0 Å². The van der Waals surface area contributed by atoms with E-state index < -0.39 is 11.9 Å². The van der Waals surface area contributed by atoms with E-state index in [2.05, 4.69) is 0 Å². The number of carboxylic acid groups (broad SMARTS) is 1. The summed E-state index contributed by atoms with van der Waals surface area (Å²) >= 11 is 0. The Morgan fingerprint density at radius 2 is 1.72 bits per heavy atom. The number of carbonyl (C=O) groups excluding carboxylic acids is 2. The Labute approximate surface area is 107 Å². The lowest BCUT2D eigenvalue weighted by molar-refractivity contribution is -0.139. The van der Waals surface area contributed by atoms with Crippen molar-refractivity contribution in [3.63, 3.8) is 0 Å². The number of hydrogen-bond acceptors (Lipinski definition) is 3. The van der Waals surface area contributed by atoms with Crippen molar-refractivity contribution in [2.45, 2.75) is 33.6 Å². The number of aliphatic carboxylic acids is 1. The van der Waals surface area contributed by atoms with Gasteiger partial charge in [-0.25, -0.2) is 0 Å². The molecular weight excluding hydrogens is 236 g/mol. The highest BCUT2D eigenvalue weighted by Crippen LogP contribution is 2.11. The Balaban J connectivity index is 4.45. The molecule has 0 aromatic rings. The minimum absolute atomic E-state index is 0.0577. The Morgan fingerprint density at radius 3 is 2.11 bits per heavy atom. The van der Waals surface area contributed by atoms with Gasteiger partial charge in [0.15, 0.2) is 0 Å². The van der Waals surface area contributed by atoms with E-state index in [4.69, 9.17) is 10.8 Å². The highest BCUT2D eigenvalue weighted by Gasteiger charge is 2.20. The Kier molecular flexibility index (Phi) is 7.00. The maximum absolute atomic E-state index is 11.9. The molecule has 0 rings (SSSR count). The van der Waals surface area contributed by atoms with E-state index >= 15 is 0 Å². The average molecular weight is 258 g/mol. The van der Waals surface area contributed by atoms with Gasteiger partial charge in [0.25, 0.3) is 0 Å². The van der Waals surface area contributed by atoms with Gasteiger partial charge in [-0.3, -0.25) is 14.4 Å². The molecule has 104 valence electrons. The van der Waals surface area contributed by atoms with E-state index in [1.165, 1.54) is 4.90 Å². The first-order valence-corrected chi connectivity index (χ1v) is 6.00. The normalized spacial score (nSPS) is 12.2. The van der Waals surface area contributed by atoms with Crippen LogP contribution in [0.15, 0.2) is 0 Å². The molecular formula is C12H22N2O4. The monoisotopic (exact) mass is 258 g/mol. The second-order valence-electron chi connectivity index (χ2n) is 5.04. The summed E-state index contributed by atoms with van der Waals surface area (Å²) in [7, 11) is 0. The highest BCUT2D eigenvalue weighted by atomic mass is 16.4.